The van der Waals surface area contributed by atoms with Crippen molar-refractivity contribution < 1.29 is 13.2 Å². The molecule has 0 unspecified atom stereocenters. The van der Waals surface area contributed by atoms with Crippen LogP contribution < -0.4 is 4.90 Å². The fourth-order valence-corrected chi connectivity index (χ4v) is 4.85. The molecule has 30 heavy (non-hydrogen) atoms. The number of alkyl halides is 3. The fraction of sp³-hybridized carbons (Fsp3) is 0.429. The van der Waals surface area contributed by atoms with Gasteiger partial charge >= 0.3 is 6.18 Å². The van der Waals surface area contributed by atoms with Crippen molar-refractivity contribution in [2.45, 2.75) is 22.4 Å². The first-order valence-electron chi connectivity index (χ1n) is 9.73. The number of rotatable bonds is 4. The molecule has 3 nitrogen and oxygen atoms in total. The Kier molecular flexibility index (Phi) is 8.21. The topological polar surface area (TPSA) is 9.72 Å². The minimum atomic E-state index is -4.33. The highest BCUT2D eigenvalue weighted by atomic mass is 36.5. The molecule has 0 atom stereocenters. The molecule has 9 heteroatoms. The van der Waals surface area contributed by atoms with Crippen molar-refractivity contribution in [1.82, 2.24) is 9.80 Å². The molecule has 0 spiro atoms. The second kappa shape index (κ2) is 10.5. The number of nitrogens with zero attached hydrogens (tertiary/aromatic N) is 3. The Morgan fingerprint density at radius 3 is 2.27 bits per heavy atom. The summed E-state index contributed by atoms with van der Waals surface area (Å²) in [6, 6.07) is 12.0. The van der Waals surface area contributed by atoms with Gasteiger partial charge < -0.3 is 14.7 Å². The highest BCUT2D eigenvalue weighted by Crippen LogP contribution is 2.49. The smallest absolute Gasteiger partial charge is 0.340 e. The van der Waals surface area contributed by atoms with Gasteiger partial charge in [0.2, 0.25) is 0 Å². The lowest BCUT2D eigenvalue weighted by Gasteiger charge is -2.35. The van der Waals surface area contributed by atoms with Crippen LogP contribution in [0.3, 0.4) is 0 Å². The summed E-state index contributed by atoms with van der Waals surface area (Å²) in [4.78, 5) is 8.80. The predicted octanol–water partition coefficient (Wildman–Crippen LogP) is 6.32. The van der Waals surface area contributed by atoms with Gasteiger partial charge in [-0.2, -0.15) is 13.2 Å². The Balaban J connectivity index is 0.00000124. The first-order chi connectivity index (χ1) is 14.4. The van der Waals surface area contributed by atoms with Gasteiger partial charge in [0.1, 0.15) is 0 Å². The molecule has 1 saturated heterocycles. The summed E-state index contributed by atoms with van der Waals surface area (Å²) in [5, 5.41) is 0. The molecule has 164 valence electrons. The molecule has 2 aliphatic heterocycles. The molecule has 2 heterocycles. The Morgan fingerprint density at radius 1 is 0.900 bits per heavy atom. The first-order valence-corrected chi connectivity index (χ1v) is 11.7. The van der Waals surface area contributed by atoms with Crippen molar-refractivity contribution in [3.63, 3.8) is 0 Å². The Hall–Kier alpha value is -1.12. The number of para-hydroxylation sites is 1. The minimum Gasteiger partial charge on any atom is -0.340 e. The number of piperazine rings is 1. The molecule has 2 aromatic rings. The van der Waals surface area contributed by atoms with E-state index in [1.165, 1.54) is 12.1 Å². The van der Waals surface area contributed by atoms with E-state index in [4.69, 9.17) is 0 Å². The maximum atomic E-state index is 13.3. The Morgan fingerprint density at radius 2 is 1.57 bits per heavy atom. The standard InChI is InChI=1S/C21H24F3N3S.Cl2/c1-25-11-13-26(14-12-25)9-4-10-27-17-5-2-3-6-19(17)28-20-8-7-16(15-18(20)27)21(22,23)24;1-2/h2-3,5-8,15H,4,9-14H2,1H3;. The van der Waals surface area contributed by atoms with Crippen LogP contribution in [0, 0.1) is 0 Å². The largest absolute Gasteiger partial charge is 0.416 e. The fourth-order valence-electron chi connectivity index (χ4n) is 3.77. The summed E-state index contributed by atoms with van der Waals surface area (Å²) < 4.78 is 39.8. The summed E-state index contributed by atoms with van der Waals surface area (Å²) in [6.45, 7) is 5.92. The van der Waals surface area contributed by atoms with Gasteiger partial charge in [0, 0.05) is 64.2 Å². The number of fused-ring (bicyclic) bond motifs is 2. The Bertz CT molecular complexity index is 842. The van der Waals surface area contributed by atoms with E-state index in [0.29, 0.717) is 12.2 Å². The van der Waals surface area contributed by atoms with Gasteiger partial charge in [-0.3, -0.25) is 0 Å². The number of anilines is 2. The zero-order chi connectivity index (χ0) is 21.7. The average molecular weight is 478 g/mol. The third-order valence-corrected chi connectivity index (χ3v) is 6.54. The quantitative estimate of drug-likeness (QED) is 0.508. The zero-order valence-electron chi connectivity index (χ0n) is 16.6. The summed E-state index contributed by atoms with van der Waals surface area (Å²) in [5.74, 6) is 0. The van der Waals surface area contributed by atoms with E-state index < -0.39 is 11.7 Å². The van der Waals surface area contributed by atoms with E-state index in [2.05, 4.69) is 43.5 Å². The zero-order valence-corrected chi connectivity index (χ0v) is 19.0. The molecule has 0 N–H and O–H groups in total. The number of hydrogen-bond acceptors (Lipinski definition) is 4. The second-order valence-corrected chi connectivity index (χ2v) is 8.48. The van der Waals surface area contributed by atoms with Crippen LogP contribution in [0.5, 0.6) is 0 Å². The summed E-state index contributed by atoms with van der Waals surface area (Å²) >= 11 is 1.54. The van der Waals surface area contributed by atoms with Crippen LogP contribution in [0.4, 0.5) is 24.5 Å². The minimum absolute atomic E-state index is 0.588. The molecule has 0 amide bonds. The normalized spacial score (nSPS) is 17.1. The van der Waals surface area contributed by atoms with Gasteiger partial charge in [-0.25, -0.2) is 0 Å². The van der Waals surface area contributed by atoms with E-state index in [9.17, 15) is 13.2 Å². The number of halogens is 5. The summed E-state index contributed by atoms with van der Waals surface area (Å²) in [5.41, 5.74) is 1.07. The lowest BCUT2D eigenvalue weighted by Crippen LogP contribution is -2.45. The van der Waals surface area contributed by atoms with Gasteiger partial charge in [0.25, 0.3) is 0 Å². The van der Waals surface area contributed by atoms with Crippen LogP contribution in [-0.2, 0) is 6.18 Å². The van der Waals surface area contributed by atoms with E-state index in [0.717, 1.165) is 54.6 Å². The third-order valence-electron chi connectivity index (χ3n) is 5.40. The molecule has 0 saturated carbocycles. The monoisotopic (exact) mass is 477 g/mol. The number of hydrogen-bond donors (Lipinski definition) is 0. The third kappa shape index (κ3) is 5.56. The van der Waals surface area contributed by atoms with Crippen LogP contribution >= 0.6 is 33.5 Å². The van der Waals surface area contributed by atoms with Crippen molar-refractivity contribution in [1.29, 1.82) is 0 Å². The van der Waals surface area contributed by atoms with Gasteiger partial charge in [0.05, 0.1) is 16.9 Å². The van der Waals surface area contributed by atoms with Crippen LogP contribution in [0.25, 0.3) is 0 Å². The van der Waals surface area contributed by atoms with Crippen LogP contribution in [-0.4, -0.2) is 56.1 Å². The SMILES string of the molecule is CN1CCN(CCCN2c3ccccc3Sc3ccc(C(F)(F)F)cc32)CC1.ClCl. The highest BCUT2D eigenvalue weighted by Gasteiger charge is 2.33. The molecular formula is C21H24Cl2F3N3S. The van der Waals surface area contributed by atoms with Gasteiger partial charge in [-0.1, -0.05) is 23.9 Å². The maximum Gasteiger partial charge on any atom is 0.416 e. The molecule has 0 bridgehead atoms. The van der Waals surface area contributed by atoms with Gasteiger partial charge in [0.15, 0.2) is 0 Å². The van der Waals surface area contributed by atoms with Crippen molar-refractivity contribution >= 4 is 44.8 Å². The van der Waals surface area contributed by atoms with E-state index in [1.54, 1.807) is 17.8 Å². The van der Waals surface area contributed by atoms with E-state index in [1.807, 2.05) is 24.3 Å². The van der Waals surface area contributed by atoms with Crippen molar-refractivity contribution in [3.8, 4) is 0 Å². The molecular weight excluding hydrogens is 454 g/mol. The van der Waals surface area contributed by atoms with Crippen LogP contribution in [0.2, 0.25) is 0 Å². The van der Waals surface area contributed by atoms with Crippen LogP contribution in [0.1, 0.15) is 12.0 Å². The molecule has 1 fully saturated rings. The van der Waals surface area contributed by atoms with Crippen molar-refractivity contribution in [2.24, 2.45) is 0 Å². The van der Waals surface area contributed by atoms with Crippen LogP contribution in [0.15, 0.2) is 52.3 Å². The van der Waals surface area contributed by atoms with Gasteiger partial charge in [-0.15, -0.1) is 0 Å². The molecule has 2 aromatic carbocycles. The highest BCUT2D eigenvalue weighted by molar-refractivity contribution is 7.99. The second-order valence-electron chi connectivity index (χ2n) is 7.40. The molecule has 2 aliphatic rings. The first kappa shape index (κ1) is 23.5. The molecule has 4 rings (SSSR count). The maximum absolute atomic E-state index is 13.3. The van der Waals surface area contributed by atoms with E-state index >= 15 is 0 Å². The van der Waals surface area contributed by atoms with E-state index in [-0.39, 0.29) is 0 Å². The molecule has 0 aliphatic carbocycles. The lowest BCUT2D eigenvalue weighted by molar-refractivity contribution is -0.137. The summed E-state index contributed by atoms with van der Waals surface area (Å²) in [6.07, 6.45) is -3.42. The average Bonchev–Trinajstić information content (AvgIpc) is 2.75. The van der Waals surface area contributed by atoms with Crippen molar-refractivity contribution in [3.05, 3.63) is 48.0 Å². The number of likely N-dealkylation sites (N-methyl/N-ethyl adjacent to an activating group) is 1. The lowest BCUT2D eigenvalue weighted by atomic mass is 10.1. The van der Waals surface area contributed by atoms with Crippen molar-refractivity contribution in [2.75, 3.05) is 51.2 Å². The Labute approximate surface area is 189 Å². The van der Waals surface area contributed by atoms with Gasteiger partial charge in [-0.05, 0) is 50.3 Å². The predicted molar refractivity (Wildman–Crippen MR) is 119 cm³/mol. The number of benzene rings is 2. The molecule has 0 aromatic heterocycles. The molecule has 0 radical (unpaired) electrons. The summed E-state index contributed by atoms with van der Waals surface area (Å²) in [7, 11) is 10.4.